The van der Waals surface area contributed by atoms with Crippen molar-refractivity contribution in [3.05, 3.63) is 72.2 Å². The number of nitrogens with one attached hydrogen (secondary N) is 3. The molecule has 11 nitrogen and oxygen atoms in total. The third-order valence-electron chi connectivity index (χ3n) is 4.97. The highest BCUT2D eigenvalue weighted by Crippen LogP contribution is 2.40. The zero-order valence-electron chi connectivity index (χ0n) is 17.9. The van der Waals surface area contributed by atoms with Gasteiger partial charge in [0.2, 0.25) is 0 Å². The van der Waals surface area contributed by atoms with E-state index in [2.05, 4.69) is 26.1 Å². The largest absolute Gasteiger partial charge is 0.506 e. The van der Waals surface area contributed by atoms with Gasteiger partial charge in [-0.25, -0.2) is 9.37 Å². The van der Waals surface area contributed by atoms with E-state index in [1.165, 1.54) is 40.1 Å². The lowest BCUT2D eigenvalue weighted by Gasteiger charge is -2.21. The number of aromatic nitrogens is 3. The fraction of sp³-hybridized carbons (Fsp3) is 0.136. The lowest BCUT2D eigenvalue weighted by molar-refractivity contribution is 0.0886. The Labute approximate surface area is 192 Å². The molecule has 5 rings (SSSR count). The van der Waals surface area contributed by atoms with E-state index in [1.54, 1.807) is 31.5 Å². The molecule has 2 aliphatic heterocycles. The highest BCUT2D eigenvalue weighted by Gasteiger charge is 2.21. The van der Waals surface area contributed by atoms with Crippen LogP contribution < -0.4 is 25.5 Å². The summed E-state index contributed by atoms with van der Waals surface area (Å²) >= 11 is 0. The van der Waals surface area contributed by atoms with Gasteiger partial charge in [0.25, 0.3) is 5.91 Å². The van der Waals surface area contributed by atoms with Gasteiger partial charge in [-0.15, -0.1) is 0 Å². The van der Waals surface area contributed by atoms with Crippen molar-refractivity contribution in [1.29, 1.82) is 0 Å². The number of halogens is 1. The third-order valence-corrected chi connectivity index (χ3v) is 4.97. The molecule has 1 aromatic carbocycles. The number of benzene rings is 1. The van der Waals surface area contributed by atoms with E-state index in [1.807, 2.05) is 0 Å². The monoisotopic (exact) mass is 465 g/mol. The number of nitrogens with zero attached hydrogens (tertiary/aromatic N) is 4. The van der Waals surface area contributed by atoms with Crippen molar-refractivity contribution in [2.45, 2.75) is 0 Å². The smallest absolute Gasteiger partial charge is 0.275 e. The summed E-state index contributed by atoms with van der Waals surface area (Å²) in [6.45, 7) is 0.659. The molecule has 0 fully saturated rings. The minimum Gasteiger partial charge on any atom is -0.506 e. The standard InChI is InChI=1S/C22H20FN7O4/c1-24-19-10-18(26-16-8-13(23)9-17-20(16)34-7-6-33-17)27-21-15(11-25-30(19)21)22(32)28-29-5-3-2-4-14(31)12-29/h2-5,8-12,24,31H,6-7H2,1H3,(H,26,27)(H,28,32). The zero-order chi connectivity index (χ0) is 23.7. The Bertz CT molecular complexity index is 1370. The first-order chi connectivity index (χ1) is 16.5. The van der Waals surface area contributed by atoms with Crippen LogP contribution in [0.4, 0.5) is 21.7 Å². The maximum absolute atomic E-state index is 14.1. The van der Waals surface area contributed by atoms with Crippen molar-refractivity contribution in [3.63, 3.8) is 0 Å². The number of amides is 1. The molecular formula is C22H20FN7O4. The van der Waals surface area contributed by atoms with Crippen LogP contribution in [0.3, 0.4) is 0 Å². The molecule has 34 heavy (non-hydrogen) atoms. The first-order valence-corrected chi connectivity index (χ1v) is 10.3. The van der Waals surface area contributed by atoms with Crippen molar-refractivity contribution < 1.29 is 23.8 Å². The summed E-state index contributed by atoms with van der Waals surface area (Å²) < 4.78 is 26.7. The average Bonchev–Trinajstić information content (AvgIpc) is 3.14. The first-order valence-electron chi connectivity index (χ1n) is 10.3. The van der Waals surface area contributed by atoms with Crippen LogP contribution in [0.5, 0.6) is 11.5 Å². The minimum atomic E-state index is -0.503. The maximum Gasteiger partial charge on any atom is 0.275 e. The number of ether oxygens (including phenoxy) is 2. The predicted molar refractivity (Wildman–Crippen MR) is 122 cm³/mol. The summed E-state index contributed by atoms with van der Waals surface area (Å²) in [4.78, 5) is 17.5. The van der Waals surface area contributed by atoms with Crippen LogP contribution >= 0.6 is 0 Å². The number of rotatable bonds is 5. The Hall–Kier alpha value is -4.74. The number of hydrazine groups is 1. The molecule has 0 atom stereocenters. The number of fused-ring (bicyclic) bond motifs is 2. The van der Waals surface area contributed by atoms with Crippen LogP contribution in [0.25, 0.3) is 5.65 Å². The molecule has 0 spiro atoms. The topological polar surface area (TPSA) is 125 Å². The van der Waals surface area contributed by atoms with Crippen LogP contribution in [0.15, 0.2) is 60.8 Å². The quantitative estimate of drug-likeness (QED) is 0.450. The molecule has 4 N–H and O–H groups in total. The minimum absolute atomic E-state index is 0.0307. The van der Waals surface area contributed by atoms with E-state index in [4.69, 9.17) is 9.47 Å². The molecule has 2 aromatic heterocycles. The number of aliphatic hydroxyl groups excluding tert-OH is 1. The molecule has 0 saturated carbocycles. The fourth-order valence-corrected chi connectivity index (χ4v) is 3.49. The Balaban J connectivity index is 1.49. The number of carbonyl (C=O) groups excluding carboxylic acids is 1. The second kappa shape index (κ2) is 8.65. The molecule has 0 aliphatic carbocycles. The maximum atomic E-state index is 14.1. The zero-order valence-corrected chi connectivity index (χ0v) is 17.9. The first kappa shape index (κ1) is 21.1. The van der Waals surface area contributed by atoms with Crippen LogP contribution in [0.2, 0.25) is 0 Å². The molecule has 1 amide bonds. The van der Waals surface area contributed by atoms with E-state index in [9.17, 15) is 14.3 Å². The third kappa shape index (κ3) is 4.03. The fourth-order valence-electron chi connectivity index (χ4n) is 3.49. The molecule has 4 heterocycles. The van der Waals surface area contributed by atoms with E-state index >= 15 is 0 Å². The molecular weight excluding hydrogens is 445 g/mol. The van der Waals surface area contributed by atoms with Gasteiger partial charge in [0.05, 0.1) is 18.1 Å². The van der Waals surface area contributed by atoms with E-state index in [-0.39, 0.29) is 17.0 Å². The predicted octanol–water partition coefficient (Wildman–Crippen LogP) is 2.85. The Morgan fingerprint density at radius 1 is 1.21 bits per heavy atom. The second-order valence-electron chi connectivity index (χ2n) is 7.28. The van der Waals surface area contributed by atoms with E-state index in [0.29, 0.717) is 42.0 Å². The van der Waals surface area contributed by atoms with Gasteiger partial charge in [-0.1, -0.05) is 6.08 Å². The molecule has 174 valence electrons. The number of hydrogen-bond donors (Lipinski definition) is 4. The number of carbonyl (C=O) groups is 1. The Kier molecular flexibility index (Phi) is 5.38. The number of allylic oxidation sites excluding steroid dienone is 3. The van der Waals surface area contributed by atoms with Crippen molar-refractivity contribution >= 4 is 28.9 Å². The van der Waals surface area contributed by atoms with Gasteiger partial charge in [0.1, 0.15) is 42.0 Å². The number of anilines is 3. The average molecular weight is 465 g/mol. The summed E-state index contributed by atoms with van der Waals surface area (Å²) in [5.74, 6) is 0.496. The SMILES string of the molecule is CNc1cc(Nc2cc(F)cc3c2OCCO3)nc2c(C(=O)NN3C=CC=CC(O)=C3)cnn12. The van der Waals surface area contributed by atoms with Crippen LogP contribution in [0.1, 0.15) is 10.4 Å². The van der Waals surface area contributed by atoms with Gasteiger partial charge in [-0.3, -0.25) is 15.2 Å². The molecule has 0 bridgehead atoms. The summed E-state index contributed by atoms with van der Waals surface area (Å²) in [5, 5.41) is 21.4. The highest BCUT2D eigenvalue weighted by atomic mass is 19.1. The van der Waals surface area contributed by atoms with E-state index in [0.717, 1.165) is 0 Å². The highest BCUT2D eigenvalue weighted by molar-refractivity contribution is 6.00. The van der Waals surface area contributed by atoms with Gasteiger partial charge in [0.15, 0.2) is 17.1 Å². The van der Waals surface area contributed by atoms with Crippen molar-refractivity contribution in [3.8, 4) is 11.5 Å². The molecule has 3 aromatic rings. The number of aliphatic hydroxyl groups is 1. The molecule has 0 saturated heterocycles. The van der Waals surface area contributed by atoms with Gasteiger partial charge < -0.3 is 25.2 Å². The molecule has 2 aliphatic rings. The summed E-state index contributed by atoms with van der Waals surface area (Å²) in [6, 6.07) is 4.20. The lowest BCUT2D eigenvalue weighted by atomic mass is 10.2. The van der Waals surface area contributed by atoms with Crippen molar-refractivity contribution in [2.24, 2.45) is 0 Å². The van der Waals surface area contributed by atoms with Gasteiger partial charge >= 0.3 is 0 Å². The normalized spacial score (nSPS) is 14.5. The van der Waals surface area contributed by atoms with Crippen LogP contribution in [-0.2, 0) is 0 Å². The Morgan fingerprint density at radius 2 is 2.06 bits per heavy atom. The summed E-state index contributed by atoms with van der Waals surface area (Å²) in [5.41, 5.74) is 3.41. The summed E-state index contributed by atoms with van der Waals surface area (Å²) in [6.07, 6.45) is 9.06. The molecule has 0 radical (unpaired) electrons. The van der Waals surface area contributed by atoms with Crippen LogP contribution in [0, 0.1) is 5.82 Å². The van der Waals surface area contributed by atoms with Crippen LogP contribution in [-0.4, -0.2) is 50.9 Å². The number of hydrogen-bond acceptors (Lipinski definition) is 9. The van der Waals surface area contributed by atoms with Gasteiger partial charge in [-0.05, 0) is 12.2 Å². The van der Waals surface area contributed by atoms with Crippen molar-refractivity contribution in [2.75, 3.05) is 30.9 Å². The lowest BCUT2D eigenvalue weighted by Crippen LogP contribution is -2.35. The molecule has 12 heteroatoms. The second-order valence-corrected chi connectivity index (χ2v) is 7.28. The van der Waals surface area contributed by atoms with Gasteiger partial charge in [0, 0.05) is 31.4 Å². The van der Waals surface area contributed by atoms with Gasteiger partial charge in [-0.2, -0.15) is 9.61 Å². The summed E-state index contributed by atoms with van der Waals surface area (Å²) in [7, 11) is 1.70. The van der Waals surface area contributed by atoms with Crippen molar-refractivity contribution in [1.82, 2.24) is 25.0 Å². The molecule has 0 unspecified atom stereocenters. The Morgan fingerprint density at radius 3 is 2.91 bits per heavy atom. The van der Waals surface area contributed by atoms with E-state index < -0.39 is 11.7 Å².